The molecular weight excluding hydrogens is 241 g/mol. The van der Waals surface area contributed by atoms with Crippen molar-refractivity contribution in [2.24, 2.45) is 0 Å². The van der Waals surface area contributed by atoms with E-state index < -0.39 is 0 Å². The van der Waals surface area contributed by atoms with E-state index in [9.17, 15) is 0 Å². The Hall–Kier alpha value is -2.35. The van der Waals surface area contributed by atoms with Gasteiger partial charge in [-0.3, -0.25) is 4.98 Å². The summed E-state index contributed by atoms with van der Waals surface area (Å²) in [5.41, 5.74) is 9.48. The van der Waals surface area contributed by atoms with Crippen LogP contribution in [0.5, 0.6) is 0 Å². The molecule has 2 heteroatoms. The molecule has 2 aromatic carbocycles. The predicted molar refractivity (Wildman–Crippen MR) is 86.3 cm³/mol. The fourth-order valence-corrected chi connectivity index (χ4v) is 3.01. The lowest BCUT2D eigenvalue weighted by Crippen LogP contribution is -2.20. The van der Waals surface area contributed by atoms with Crippen LogP contribution < -0.4 is 10.9 Å². The van der Waals surface area contributed by atoms with Gasteiger partial charge in [-0.05, 0) is 47.4 Å². The van der Waals surface area contributed by atoms with Crippen LogP contribution in [-0.4, -0.2) is 12.3 Å². The number of hydrogen-bond acceptors (Lipinski definition) is 1. The van der Waals surface area contributed by atoms with Crippen molar-refractivity contribution in [1.29, 1.82) is 0 Å². The molecule has 0 atom stereocenters. The van der Waals surface area contributed by atoms with Gasteiger partial charge < -0.3 is 0 Å². The lowest BCUT2D eigenvalue weighted by atomic mass is 9.68. The van der Waals surface area contributed by atoms with Gasteiger partial charge in [-0.1, -0.05) is 46.8 Å². The second-order valence-electron chi connectivity index (χ2n) is 5.45. The van der Waals surface area contributed by atoms with E-state index in [0.29, 0.717) is 0 Å². The molecule has 0 amide bonds. The van der Waals surface area contributed by atoms with E-state index in [0.717, 1.165) is 7.28 Å². The van der Waals surface area contributed by atoms with Crippen molar-refractivity contribution < 1.29 is 0 Å². The molecule has 4 rings (SSSR count). The van der Waals surface area contributed by atoms with Crippen LogP contribution in [-0.2, 0) is 0 Å². The van der Waals surface area contributed by atoms with Crippen LogP contribution in [0.15, 0.2) is 60.9 Å². The van der Waals surface area contributed by atoms with Crippen LogP contribution in [0.25, 0.3) is 22.3 Å². The quantitative estimate of drug-likeness (QED) is 0.476. The minimum absolute atomic E-state index is 1.06. The summed E-state index contributed by atoms with van der Waals surface area (Å²) in [6, 6.07) is 17.7. The number of fused-ring (bicyclic) bond motifs is 3. The fourth-order valence-electron chi connectivity index (χ4n) is 3.01. The number of hydrogen-bond donors (Lipinski definition) is 0. The summed E-state index contributed by atoms with van der Waals surface area (Å²) in [4.78, 5) is 4.09. The summed E-state index contributed by atoms with van der Waals surface area (Å²) < 4.78 is 0. The zero-order valence-electron chi connectivity index (χ0n) is 11.4. The molecule has 0 fully saturated rings. The van der Waals surface area contributed by atoms with Crippen molar-refractivity contribution in [2.45, 2.75) is 6.92 Å². The third-order valence-corrected chi connectivity index (χ3v) is 4.06. The SMILES string of the molecule is Cc1ccc2c(c1)-c1cc(-c3ccncc3)ccc1B2. The monoisotopic (exact) mass is 255 g/mol. The van der Waals surface area contributed by atoms with Crippen LogP contribution in [0.2, 0.25) is 0 Å². The minimum Gasteiger partial charge on any atom is -0.265 e. The molecular formula is C18H14BN. The van der Waals surface area contributed by atoms with Crippen LogP contribution >= 0.6 is 0 Å². The summed E-state index contributed by atoms with van der Waals surface area (Å²) >= 11 is 0. The first-order chi connectivity index (χ1) is 9.81. The molecule has 0 N–H and O–H groups in total. The summed E-state index contributed by atoms with van der Waals surface area (Å²) in [6.07, 6.45) is 3.70. The zero-order valence-corrected chi connectivity index (χ0v) is 11.4. The van der Waals surface area contributed by atoms with Gasteiger partial charge in [0.2, 0.25) is 0 Å². The molecule has 1 aliphatic rings. The van der Waals surface area contributed by atoms with Gasteiger partial charge in [0.25, 0.3) is 0 Å². The fraction of sp³-hybridized carbons (Fsp3) is 0.0556. The van der Waals surface area contributed by atoms with E-state index in [1.165, 1.54) is 38.7 Å². The Morgan fingerprint density at radius 1 is 0.750 bits per heavy atom. The first-order valence-corrected chi connectivity index (χ1v) is 6.94. The third-order valence-electron chi connectivity index (χ3n) is 4.06. The van der Waals surface area contributed by atoms with E-state index in [1.807, 2.05) is 12.4 Å². The first kappa shape index (κ1) is 11.5. The number of pyridine rings is 1. The van der Waals surface area contributed by atoms with E-state index in [-0.39, 0.29) is 0 Å². The van der Waals surface area contributed by atoms with Crippen LogP contribution in [0.1, 0.15) is 5.56 Å². The van der Waals surface area contributed by atoms with Gasteiger partial charge in [-0.15, -0.1) is 0 Å². The molecule has 1 aliphatic heterocycles. The van der Waals surface area contributed by atoms with Crippen LogP contribution in [0.3, 0.4) is 0 Å². The van der Waals surface area contributed by atoms with Crippen molar-refractivity contribution in [1.82, 2.24) is 4.98 Å². The van der Waals surface area contributed by atoms with Gasteiger partial charge in [0, 0.05) is 12.4 Å². The lowest BCUT2D eigenvalue weighted by molar-refractivity contribution is 1.33. The highest BCUT2D eigenvalue weighted by Gasteiger charge is 2.19. The van der Waals surface area contributed by atoms with Crippen molar-refractivity contribution in [3.63, 3.8) is 0 Å². The van der Waals surface area contributed by atoms with Gasteiger partial charge in [0.05, 0.1) is 0 Å². The second-order valence-corrected chi connectivity index (χ2v) is 5.45. The smallest absolute Gasteiger partial charge is 0.193 e. The van der Waals surface area contributed by atoms with Gasteiger partial charge in [0.15, 0.2) is 7.28 Å². The molecule has 94 valence electrons. The number of aryl methyl sites for hydroxylation is 1. The van der Waals surface area contributed by atoms with Gasteiger partial charge >= 0.3 is 0 Å². The molecule has 0 radical (unpaired) electrons. The molecule has 0 aliphatic carbocycles. The minimum atomic E-state index is 1.06. The lowest BCUT2D eigenvalue weighted by Gasteiger charge is -2.07. The molecule has 1 nitrogen and oxygen atoms in total. The predicted octanol–water partition coefficient (Wildman–Crippen LogP) is 2.42. The Labute approximate surface area is 119 Å². The van der Waals surface area contributed by atoms with Gasteiger partial charge in [-0.25, -0.2) is 0 Å². The van der Waals surface area contributed by atoms with Crippen molar-refractivity contribution in [2.75, 3.05) is 0 Å². The molecule has 0 saturated heterocycles. The highest BCUT2D eigenvalue weighted by Crippen LogP contribution is 2.26. The molecule has 0 saturated carbocycles. The van der Waals surface area contributed by atoms with Crippen molar-refractivity contribution in [3.8, 4) is 22.3 Å². The van der Waals surface area contributed by atoms with Crippen molar-refractivity contribution >= 4 is 18.2 Å². The largest absolute Gasteiger partial charge is 0.265 e. The van der Waals surface area contributed by atoms with Gasteiger partial charge in [-0.2, -0.15) is 0 Å². The molecule has 20 heavy (non-hydrogen) atoms. The number of benzene rings is 2. The topological polar surface area (TPSA) is 12.9 Å². The third kappa shape index (κ3) is 1.76. The molecule has 1 aromatic heterocycles. The van der Waals surface area contributed by atoms with E-state index >= 15 is 0 Å². The molecule has 0 spiro atoms. The Balaban J connectivity index is 1.89. The summed E-state index contributed by atoms with van der Waals surface area (Å²) in [5.74, 6) is 0. The highest BCUT2D eigenvalue weighted by molar-refractivity contribution is 6.73. The van der Waals surface area contributed by atoms with E-state index in [1.54, 1.807) is 0 Å². The standard InChI is InChI=1S/C18H14BN/c1-12-2-4-17-15(10-12)16-11-14(3-5-18(16)19-17)13-6-8-20-9-7-13/h2-11,19H,1H3. The van der Waals surface area contributed by atoms with Gasteiger partial charge in [0.1, 0.15) is 0 Å². The molecule has 0 unspecified atom stereocenters. The molecule has 3 aromatic rings. The number of aromatic nitrogens is 1. The van der Waals surface area contributed by atoms with Crippen LogP contribution in [0, 0.1) is 6.92 Å². The second kappa shape index (κ2) is 4.34. The Bertz CT molecular complexity index is 794. The van der Waals surface area contributed by atoms with Crippen molar-refractivity contribution in [3.05, 3.63) is 66.5 Å². The Morgan fingerprint density at radius 3 is 2.25 bits per heavy atom. The summed E-state index contributed by atoms with van der Waals surface area (Å²) in [5, 5.41) is 0. The van der Waals surface area contributed by atoms with Crippen LogP contribution in [0.4, 0.5) is 0 Å². The number of rotatable bonds is 1. The van der Waals surface area contributed by atoms with E-state index in [2.05, 4.69) is 60.4 Å². The maximum atomic E-state index is 4.09. The Morgan fingerprint density at radius 2 is 1.45 bits per heavy atom. The Kier molecular flexibility index (Phi) is 2.49. The maximum absolute atomic E-state index is 4.09. The highest BCUT2D eigenvalue weighted by atomic mass is 14.6. The summed E-state index contributed by atoms with van der Waals surface area (Å²) in [6.45, 7) is 2.16. The summed E-state index contributed by atoms with van der Waals surface area (Å²) in [7, 11) is 1.06. The first-order valence-electron chi connectivity index (χ1n) is 6.94. The molecule has 0 bridgehead atoms. The number of nitrogens with zero attached hydrogens (tertiary/aromatic N) is 1. The average molecular weight is 255 g/mol. The van der Waals surface area contributed by atoms with E-state index in [4.69, 9.17) is 0 Å². The zero-order chi connectivity index (χ0) is 13.5. The average Bonchev–Trinajstić information content (AvgIpc) is 2.85. The normalized spacial score (nSPS) is 11.7. The molecule has 2 heterocycles. The maximum Gasteiger partial charge on any atom is 0.193 e.